The van der Waals surface area contributed by atoms with Crippen molar-refractivity contribution in [3.05, 3.63) is 47.2 Å². The van der Waals surface area contributed by atoms with Crippen molar-refractivity contribution < 1.29 is 23.7 Å². The standard InChI is InChI=1S/C30H31F2N5O2.C2H6O/c1-2-19-21(31)8-7-17-14-18(38)15-20(23(17)19)26-25(32)27-24-22(34-26)6-3-11-33-28(24)36-29(35-27)39-16-30-9-4-12-37(30)13-5-10-30;1-2-3/h7-8,14-15,38H,2-6,9-13,16H2,1H3,(H,33,35,36);3H,2H2,1H3. The Morgan fingerprint density at radius 1 is 1.02 bits per heavy atom. The molecule has 3 N–H and O–H groups in total. The second kappa shape index (κ2) is 11.6. The second-order valence-electron chi connectivity index (χ2n) is 11.3. The molecule has 3 aliphatic heterocycles. The zero-order valence-electron chi connectivity index (χ0n) is 24.1. The molecule has 3 aliphatic rings. The van der Waals surface area contributed by atoms with Gasteiger partial charge in [0.05, 0.1) is 16.6 Å². The van der Waals surface area contributed by atoms with E-state index in [1.54, 1.807) is 19.1 Å². The third kappa shape index (κ3) is 4.90. The Morgan fingerprint density at radius 2 is 1.79 bits per heavy atom. The summed E-state index contributed by atoms with van der Waals surface area (Å²) in [5.41, 5.74) is 1.67. The van der Waals surface area contributed by atoms with E-state index in [1.165, 1.54) is 12.1 Å². The molecular formula is C32H37F2N5O3. The zero-order chi connectivity index (χ0) is 29.4. The molecule has 7 rings (SSSR count). The molecule has 0 unspecified atom stereocenters. The fourth-order valence-electron chi connectivity index (χ4n) is 6.93. The highest BCUT2D eigenvalue weighted by molar-refractivity contribution is 6.02. The maximum Gasteiger partial charge on any atom is 0.319 e. The van der Waals surface area contributed by atoms with E-state index in [1.807, 2.05) is 6.92 Å². The maximum absolute atomic E-state index is 16.5. The molecule has 222 valence electrons. The molecule has 0 aliphatic carbocycles. The van der Waals surface area contributed by atoms with Gasteiger partial charge in [0.25, 0.3) is 0 Å². The lowest BCUT2D eigenvalue weighted by Crippen LogP contribution is -2.43. The first kappa shape index (κ1) is 28.5. The van der Waals surface area contributed by atoms with Crippen molar-refractivity contribution in [2.24, 2.45) is 0 Å². The first-order valence-corrected chi connectivity index (χ1v) is 15.0. The lowest BCUT2D eigenvalue weighted by Gasteiger charge is -2.31. The van der Waals surface area contributed by atoms with Crippen molar-refractivity contribution in [2.45, 2.75) is 64.3 Å². The molecule has 2 aromatic carbocycles. The molecule has 5 heterocycles. The Hall–Kier alpha value is -3.63. The van der Waals surface area contributed by atoms with Gasteiger partial charge < -0.3 is 20.3 Å². The summed E-state index contributed by atoms with van der Waals surface area (Å²) in [5, 5.41) is 23.1. The predicted octanol–water partition coefficient (Wildman–Crippen LogP) is 5.76. The van der Waals surface area contributed by atoms with Crippen molar-refractivity contribution in [3.8, 4) is 23.0 Å². The summed E-state index contributed by atoms with van der Waals surface area (Å²) in [6.45, 7) is 7.09. The van der Waals surface area contributed by atoms with E-state index in [4.69, 9.17) is 14.8 Å². The Morgan fingerprint density at radius 3 is 2.52 bits per heavy atom. The molecule has 4 aromatic rings. The lowest BCUT2D eigenvalue weighted by atomic mass is 9.94. The number of pyridine rings is 1. The minimum absolute atomic E-state index is 0.00802. The van der Waals surface area contributed by atoms with Crippen LogP contribution < -0.4 is 10.1 Å². The molecule has 0 amide bonds. The number of phenolic OH excluding ortho intramolecular Hbond substituents is 1. The predicted molar refractivity (Wildman–Crippen MR) is 159 cm³/mol. The molecular weight excluding hydrogens is 540 g/mol. The molecule has 8 nitrogen and oxygen atoms in total. The number of phenols is 1. The molecule has 0 spiro atoms. The summed E-state index contributed by atoms with van der Waals surface area (Å²) in [4.78, 5) is 16.5. The van der Waals surface area contributed by atoms with Gasteiger partial charge in [0, 0.05) is 18.7 Å². The van der Waals surface area contributed by atoms with E-state index in [2.05, 4.69) is 20.2 Å². The van der Waals surface area contributed by atoms with Crippen LogP contribution in [0.25, 0.3) is 32.9 Å². The number of nitrogens with zero attached hydrogens (tertiary/aromatic N) is 4. The molecule has 10 heteroatoms. The topological polar surface area (TPSA) is 104 Å². The summed E-state index contributed by atoms with van der Waals surface area (Å²) in [5.74, 6) is -0.517. The smallest absolute Gasteiger partial charge is 0.319 e. The number of anilines is 1. The van der Waals surface area contributed by atoms with E-state index >= 15 is 4.39 Å². The van der Waals surface area contributed by atoms with Gasteiger partial charge in [-0.2, -0.15) is 9.97 Å². The highest BCUT2D eigenvalue weighted by Gasteiger charge is 2.45. The van der Waals surface area contributed by atoms with Crippen LogP contribution in [-0.4, -0.2) is 68.5 Å². The van der Waals surface area contributed by atoms with E-state index < -0.39 is 5.82 Å². The number of aromatic hydroxyl groups is 1. The van der Waals surface area contributed by atoms with E-state index in [-0.39, 0.29) is 40.9 Å². The Kier molecular flexibility index (Phi) is 7.85. The summed E-state index contributed by atoms with van der Waals surface area (Å²) in [6.07, 6.45) is 6.28. The van der Waals surface area contributed by atoms with Gasteiger partial charge in [0.1, 0.15) is 35.2 Å². The third-order valence-corrected chi connectivity index (χ3v) is 8.77. The number of nitrogens with one attached hydrogen (secondary N) is 1. The summed E-state index contributed by atoms with van der Waals surface area (Å²) in [7, 11) is 0. The van der Waals surface area contributed by atoms with Gasteiger partial charge in [0.15, 0.2) is 5.82 Å². The van der Waals surface area contributed by atoms with E-state index in [9.17, 15) is 9.50 Å². The second-order valence-corrected chi connectivity index (χ2v) is 11.3. The highest BCUT2D eigenvalue weighted by atomic mass is 19.1. The normalized spacial score (nSPS) is 17.5. The number of aliphatic hydroxyl groups is 1. The van der Waals surface area contributed by atoms with Crippen LogP contribution in [0.1, 0.15) is 57.2 Å². The van der Waals surface area contributed by atoms with Crippen LogP contribution in [0.2, 0.25) is 0 Å². The Labute approximate surface area is 243 Å². The number of halogens is 2. The van der Waals surface area contributed by atoms with Crippen LogP contribution in [0.3, 0.4) is 0 Å². The van der Waals surface area contributed by atoms with Crippen LogP contribution in [0, 0.1) is 11.6 Å². The summed E-state index contributed by atoms with van der Waals surface area (Å²) in [6, 6.07) is 6.16. The first-order valence-electron chi connectivity index (χ1n) is 15.0. The fraction of sp³-hybridized carbons (Fsp3) is 0.469. The van der Waals surface area contributed by atoms with Crippen LogP contribution in [0.4, 0.5) is 14.6 Å². The molecule has 0 atom stereocenters. The largest absolute Gasteiger partial charge is 0.508 e. The van der Waals surface area contributed by atoms with Crippen molar-refractivity contribution in [2.75, 3.05) is 38.2 Å². The minimum atomic E-state index is -0.634. The zero-order valence-corrected chi connectivity index (χ0v) is 24.1. The molecule has 2 aromatic heterocycles. The van der Waals surface area contributed by atoms with Crippen LogP contribution in [0.5, 0.6) is 11.8 Å². The van der Waals surface area contributed by atoms with Crippen molar-refractivity contribution >= 4 is 27.5 Å². The summed E-state index contributed by atoms with van der Waals surface area (Å²) < 4.78 is 37.6. The average molecular weight is 578 g/mol. The number of hydrogen-bond donors (Lipinski definition) is 3. The first-order chi connectivity index (χ1) is 20.4. The average Bonchev–Trinajstić information content (AvgIpc) is 3.49. The minimum Gasteiger partial charge on any atom is -0.508 e. The van der Waals surface area contributed by atoms with Crippen LogP contribution in [0.15, 0.2) is 24.3 Å². The van der Waals surface area contributed by atoms with Gasteiger partial charge in [-0.15, -0.1) is 0 Å². The number of rotatable bonds is 5. The molecule has 42 heavy (non-hydrogen) atoms. The van der Waals surface area contributed by atoms with E-state index in [0.717, 1.165) is 45.2 Å². The number of aryl methyl sites for hydroxylation is 2. The quantitative estimate of drug-likeness (QED) is 0.275. The number of hydrogen-bond acceptors (Lipinski definition) is 8. The number of ether oxygens (including phenoxy) is 1. The van der Waals surface area contributed by atoms with Crippen molar-refractivity contribution in [3.63, 3.8) is 0 Å². The monoisotopic (exact) mass is 577 g/mol. The van der Waals surface area contributed by atoms with Crippen LogP contribution >= 0.6 is 0 Å². The van der Waals surface area contributed by atoms with Gasteiger partial charge in [-0.25, -0.2) is 13.8 Å². The fourth-order valence-corrected chi connectivity index (χ4v) is 6.93. The number of aromatic nitrogens is 3. The van der Waals surface area contributed by atoms with Crippen molar-refractivity contribution in [1.82, 2.24) is 19.9 Å². The Balaban J connectivity index is 0.00000101. The van der Waals surface area contributed by atoms with Gasteiger partial charge in [-0.1, -0.05) is 13.0 Å². The molecule has 2 fully saturated rings. The van der Waals surface area contributed by atoms with E-state index in [0.29, 0.717) is 64.8 Å². The SMILES string of the molecule is CCO.CCc1c(F)ccc2cc(O)cc(-c3nc4c5c(nc(OCC67CCCN6CCC7)nc5c3F)NCCC4)c12. The third-order valence-electron chi connectivity index (χ3n) is 8.77. The van der Waals surface area contributed by atoms with Gasteiger partial charge >= 0.3 is 6.01 Å². The molecule has 0 bridgehead atoms. The van der Waals surface area contributed by atoms with Gasteiger partial charge in [-0.05, 0) is 99.5 Å². The number of benzene rings is 2. The van der Waals surface area contributed by atoms with Gasteiger partial charge in [-0.3, -0.25) is 4.90 Å². The lowest BCUT2D eigenvalue weighted by molar-refractivity contribution is 0.108. The summed E-state index contributed by atoms with van der Waals surface area (Å²) >= 11 is 0. The number of aliphatic hydroxyl groups excluding tert-OH is 1. The van der Waals surface area contributed by atoms with Crippen LogP contribution in [-0.2, 0) is 12.8 Å². The number of fused-ring (bicyclic) bond motifs is 2. The maximum atomic E-state index is 16.5. The highest BCUT2D eigenvalue weighted by Crippen LogP contribution is 2.41. The van der Waals surface area contributed by atoms with Crippen molar-refractivity contribution in [1.29, 1.82) is 0 Å². The van der Waals surface area contributed by atoms with Gasteiger partial charge in [0.2, 0.25) is 0 Å². The Bertz CT molecular complexity index is 1640. The molecule has 2 saturated heterocycles. The molecule has 0 saturated carbocycles. The molecule has 0 radical (unpaired) electrons.